The van der Waals surface area contributed by atoms with Crippen LogP contribution in [0.4, 0.5) is 4.39 Å². The Morgan fingerprint density at radius 1 is 1.12 bits per heavy atom. The van der Waals surface area contributed by atoms with Crippen molar-refractivity contribution in [3.8, 4) is 11.1 Å². The number of H-pyrrole nitrogens is 1. The fourth-order valence-electron chi connectivity index (χ4n) is 3.37. The minimum absolute atomic E-state index is 0.227. The second kappa shape index (κ2) is 5.84. The third kappa shape index (κ3) is 2.71. The predicted octanol–water partition coefficient (Wildman–Crippen LogP) is 4.31. The Morgan fingerprint density at radius 2 is 1.96 bits per heavy atom. The summed E-state index contributed by atoms with van der Waals surface area (Å²) in [6.45, 7) is 4.00. The highest BCUT2D eigenvalue weighted by molar-refractivity contribution is 5.94. The Bertz CT molecular complexity index is 1060. The number of benzene rings is 1. The van der Waals surface area contributed by atoms with Crippen LogP contribution in [-0.4, -0.2) is 19.7 Å². The SMILES string of the molecule is Cc1cc(-c2ccc(F)cc2Cc2c(C)cnn2C)c2cc[nH]c2n1. The molecule has 25 heavy (non-hydrogen) atoms. The van der Waals surface area contributed by atoms with Crippen molar-refractivity contribution in [1.29, 1.82) is 0 Å². The van der Waals surface area contributed by atoms with Crippen molar-refractivity contribution in [1.82, 2.24) is 19.7 Å². The molecule has 0 saturated carbocycles. The van der Waals surface area contributed by atoms with E-state index in [2.05, 4.69) is 21.1 Å². The Kier molecular flexibility index (Phi) is 3.64. The third-order valence-electron chi connectivity index (χ3n) is 4.64. The first-order valence-electron chi connectivity index (χ1n) is 8.24. The number of nitrogens with zero attached hydrogens (tertiary/aromatic N) is 3. The van der Waals surface area contributed by atoms with Crippen LogP contribution < -0.4 is 0 Å². The maximum Gasteiger partial charge on any atom is 0.138 e. The second-order valence-corrected chi connectivity index (χ2v) is 6.43. The van der Waals surface area contributed by atoms with Crippen LogP contribution in [-0.2, 0) is 13.5 Å². The van der Waals surface area contributed by atoms with Crippen LogP contribution in [0.2, 0.25) is 0 Å². The van der Waals surface area contributed by atoms with E-state index in [1.807, 2.05) is 50.1 Å². The van der Waals surface area contributed by atoms with Crippen molar-refractivity contribution in [2.75, 3.05) is 0 Å². The predicted molar refractivity (Wildman–Crippen MR) is 97.0 cm³/mol. The number of hydrogen-bond acceptors (Lipinski definition) is 2. The largest absolute Gasteiger partial charge is 0.346 e. The van der Waals surface area contributed by atoms with Gasteiger partial charge in [-0.25, -0.2) is 9.37 Å². The van der Waals surface area contributed by atoms with E-state index in [-0.39, 0.29) is 5.82 Å². The summed E-state index contributed by atoms with van der Waals surface area (Å²) in [5, 5.41) is 5.34. The quantitative estimate of drug-likeness (QED) is 0.607. The lowest BCUT2D eigenvalue weighted by atomic mass is 9.94. The topological polar surface area (TPSA) is 46.5 Å². The Hall–Kier alpha value is -2.95. The summed E-state index contributed by atoms with van der Waals surface area (Å²) in [5.74, 6) is -0.227. The normalized spacial score (nSPS) is 11.4. The molecule has 0 unspecified atom stereocenters. The molecule has 0 saturated heterocycles. The van der Waals surface area contributed by atoms with Crippen LogP contribution in [0.5, 0.6) is 0 Å². The van der Waals surface area contributed by atoms with E-state index < -0.39 is 0 Å². The number of rotatable bonds is 3. The van der Waals surface area contributed by atoms with Gasteiger partial charge in [-0.2, -0.15) is 5.10 Å². The molecule has 4 rings (SSSR count). The molecule has 5 heteroatoms. The number of pyridine rings is 1. The molecule has 3 aromatic heterocycles. The highest BCUT2D eigenvalue weighted by atomic mass is 19.1. The van der Waals surface area contributed by atoms with E-state index in [1.165, 1.54) is 6.07 Å². The van der Waals surface area contributed by atoms with Crippen LogP contribution in [0, 0.1) is 19.7 Å². The van der Waals surface area contributed by atoms with Crippen molar-refractivity contribution in [2.45, 2.75) is 20.3 Å². The summed E-state index contributed by atoms with van der Waals surface area (Å²) in [6, 6.07) is 9.07. The van der Waals surface area contributed by atoms with Gasteiger partial charge in [0.2, 0.25) is 0 Å². The van der Waals surface area contributed by atoms with Crippen molar-refractivity contribution >= 4 is 11.0 Å². The van der Waals surface area contributed by atoms with E-state index in [0.29, 0.717) is 6.42 Å². The minimum atomic E-state index is -0.227. The van der Waals surface area contributed by atoms with Crippen LogP contribution >= 0.6 is 0 Å². The zero-order valence-electron chi connectivity index (χ0n) is 14.5. The van der Waals surface area contributed by atoms with E-state index >= 15 is 0 Å². The smallest absolute Gasteiger partial charge is 0.138 e. The van der Waals surface area contributed by atoms with Gasteiger partial charge in [0.15, 0.2) is 0 Å². The number of hydrogen-bond donors (Lipinski definition) is 1. The van der Waals surface area contributed by atoms with Gasteiger partial charge < -0.3 is 4.98 Å². The van der Waals surface area contributed by atoms with E-state index in [4.69, 9.17) is 0 Å². The molecule has 4 aromatic rings. The van der Waals surface area contributed by atoms with Crippen molar-refractivity contribution < 1.29 is 4.39 Å². The number of aromatic amines is 1. The molecule has 0 amide bonds. The molecular formula is C20H19FN4. The van der Waals surface area contributed by atoms with Gasteiger partial charge in [0.1, 0.15) is 11.5 Å². The maximum atomic E-state index is 14.0. The molecule has 1 N–H and O–H groups in total. The Morgan fingerprint density at radius 3 is 2.72 bits per heavy atom. The summed E-state index contributed by atoms with van der Waals surface area (Å²) >= 11 is 0. The van der Waals surface area contributed by atoms with Crippen molar-refractivity contribution in [3.63, 3.8) is 0 Å². The maximum absolute atomic E-state index is 14.0. The molecule has 0 bridgehead atoms. The molecule has 3 heterocycles. The number of fused-ring (bicyclic) bond motifs is 1. The molecule has 126 valence electrons. The minimum Gasteiger partial charge on any atom is -0.346 e. The van der Waals surface area contributed by atoms with Crippen LogP contribution in [0.1, 0.15) is 22.5 Å². The van der Waals surface area contributed by atoms with Gasteiger partial charge in [0, 0.05) is 36.4 Å². The van der Waals surface area contributed by atoms with Gasteiger partial charge in [-0.05, 0) is 60.4 Å². The zero-order chi connectivity index (χ0) is 17.6. The molecule has 0 aliphatic carbocycles. The van der Waals surface area contributed by atoms with Crippen LogP contribution in [0.3, 0.4) is 0 Å². The fraction of sp³-hybridized carbons (Fsp3) is 0.200. The fourth-order valence-corrected chi connectivity index (χ4v) is 3.37. The molecule has 0 aliphatic heterocycles. The molecule has 0 radical (unpaired) electrons. The van der Waals surface area contributed by atoms with Gasteiger partial charge in [-0.3, -0.25) is 4.68 Å². The number of aromatic nitrogens is 4. The third-order valence-corrected chi connectivity index (χ3v) is 4.64. The van der Waals surface area contributed by atoms with Crippen LogP contribution in [0.25, 0.3) is 22.2 Å². The van der Waals surface area contributed by atoms with Crippen molar-refractivity contribution in [2.24, 2.45) is 7.05 Å². The first-order valence-corrected chi connectivity index (χ1v) is 8.24. The van der Waals surface area contributed by atoms with Gasteiger partial charge in [0.05, 0.1) is 6.20 Å². The standard InChI is InChI=1S/C20H19FN4/c1-12-11-23-25(3)19(12)10-14-9-15(21)4-5-16(14)18-8-13(2)24-20-17(18)6-7-22-20/h4-9,11H,10H2,1-3H3,(H,22,24). The lowest BCUT2D eigenvalue weighted by Gasteiger charge is -2.13. The van der Waals surface area contributed by atoms with Gasteiger partial charge in [-0.1, -0.05) is 6.07 Å². The second-order valence-electron chi connectivity index (χ2n) is 6.43. The first kappa shape index (κ1) is 15.6. The monoisotopic (exact) mass is 334 g/mol. The van der Waals surface area contributed by atoms with E-state index in [9.17, 15) is 4.39 Å². The van der Waals surface area contributed by atoms with Crippen molar-refractivity contribution in [3.05, 3.63) is 71.1 Å². The van der Waals surface area contributed by atoms with E-state index in [1.54, 1.807) is 6.07 Å². The first-order chi connectivity index (χ1) is 12.0. The van der Waals surface area contributed by atoms with E-state index in [0.717, 1.165) is 44.7 Å². The summed E-state index contributed by atoms with van der Waals surface area (Å²) in [6.07, 6.45) is 4.35. The molecular weight excluding hydrogens is 315 g/mol. The lowest BCUT2D eigenvalue weighted by Crippen LogP contribution is -2.02. The average molecular weight is 334 g/mol. The Labute approximate surface area is 145 Å². The Balaban J connectivity index is 1.92. The van der Waals surface area contributed by atoms with Crippen LogP contribution in [0.15, 0.2) is 42.7 Å². The number of aryl methyl sites for hydroxylation is 3. The summed E-state index contributed by atoms with van der Waals surface area (Å²) in [5.41, 5.74) is 7.01. The number of nitrogens with one attached hydrogen (secondary N) is 1. The van der Waals surface area contributed by atoms with Gasteiger partial charge in [-0.15, -0.1) is 0 Å². The summed E-state index contributed by atoms with van der Waals surface area (Å²) < 4.78 is 15.8. The summed E-state index contributed by atoms with van der Waals surface area (Å²) in [7, 11) is 1.92. The highest BCUT2D eigenvalue weighted by Crippen LogP contribution is 2.32. The lowest BCUT2D eigenvalue weighted by molar-refractivity contribution is 0.625. The highest BCUT2D eigenvalue weighted by Gasteiger charge is 2.15. The molecule has 0 fully saturated rings. The molecule has 4 nitrogen and oxygen atoms in total. The molecule has 1 aromatic carbocycles. The molecule has 0 atom stereocenters. The summed E-state index contributed by atoms with van der Waals surface area (Å²) in [4.78, 5) is 7.70. The zero-order valence-corrected chi connectivity index (χ0v) is 14.5. The van der Waals surface area contributed by atoms with Gasteiger partial charge in [0.25, 0.3) is 0 Å². The molecule has 0 spiro atoms. The van der Waals surface area contributed by atoms with Gasteiger partial charge >= 0.3 is 0 Å². The average Bonchev–Trinajstić information content (AvgIpc) is 3.16. The molecule has 0 aliphatic rings. The number of halogens is 1.